The molecule has 0 aliphatic carbocycles. The molecule has 0 saturated heterocycles. The number of nitrogens with zero attached hydrogens (tertiary/aromatic N) is 3. The summed E-state index contributed by atoms with van der Waals surface area (Å²) >= 11 is 7.62. The van der Waals surface area contributed by atoms with Gasteiger partial charge in [-0.3, -0.25) is 0 Å². The van der Waals surface area contributed by atoms with Crippen LogP contribution in [0.3, 0.4) is 0 Å². The van der Waals surface area contributed by atoms with Gasteiger partial charge in [-0.2, -0.15) is 0 Å². The Morgan fingerprint density at radius 1 is 1.20 bits per heavy atom. The summed E-state index contributed by atoms with van der Waals surface area (Å²) in [5.74, 6) is 0.922. The summed E-state index contributed by atoms with van der Waals surface area (Å²) in [7, 11) is 0. The lowest BCUT2D eigenvalue weighted by Gasteiger charge is -2.22. The van der Waals surface area contributed by atoms with Gasteiger partial charge in [0, 0.05) is 19.2 Å². The van der Waals surface area contributed by atoms with Crippen molar-refractivity contribution in [2.45, 2.75) is 24.5 Å². The maximum atomic E-state index is 6.10. The van der Waals surface area contributed by atoms with Gasteiger partial charge < -0.3 is 4.90 Å². The third kappa shape index (κ3) is 2.91. The number of aryl methyl sites for hydroxylation is 1. The first-order chi connectivity index (χ1) is 9.76. The average Bonchev–Trinajstić information content (AvgIpc) is 2.68. The van der Waals surface area contributed by atoms with Crippen molar-refractivity contribution in [1.29, 1.82) is 0 Å². The number of rotatable bonds is 2. The molecule has 1 aliphatic heterocycles. The van der Waals surface area contributed by atoms with Crippen molar-refractivity contribution >= 4 is 29.2 Å². The molecule has 0 saturated carbocycles. The molecule has 104 valence electrons. The van der Waals surface area contributed by atoms with E-state index in [0.29, 0.717) is 5.15 Å². The van der Waals surface area contributed by atoms with Crippen LogP contribution in [-0.2, 0) is 13.0 Å². The summed E-state index contributed by atoms with van der Waals surface area (Å²) in [6.07, 6.45) is 4.22. The number of hydrogen-bond acceptors (Lipinski definition) is 4. The van der Waals surface area contributed by atoms with E-state index in [1.54, 1.807) is 0 Å². The first kappa shape index (κ1) is 13.7. The molecule has 0 unspecified atom stereocenters. The maximum Gasteiger partial charge on any atom is 0.190 e. The zero-order chi connectivity index (χ0) is 13.9. The Balaban J connectivity index is 1.93. The summed E-state index contributed by atoms with van der Waals surface area (Å²) in [6.45, 7) is 1.88. The van der Waals surface area contributed by atoms with Crippen molar-refractivity contribution in [3.05, 3.63) is 46.6 Å². The van der Waals surface area contributed by atoms with Crippen molar-refractivity contribution in [1.82, 2.24) is 9.97 Å². The summed E-state index contributed by atoms with van der Waals surface area (Å²) in [4.78, 5) is 11.1. The molecule has 5 heteroatoms. The lowest BCUT2D eigenvalue weighted by molar-refractivity contribution is 0.744. The van der Waals surface area contributed by atoms with Gasteiger partial charge in [-0.25, -0.2) is 9.97 Å². The third-order valence-corrected chi connectivity index (χ3v) is 4.26. The van der Waals surface area contributed by atoms with Gasteiger partial charge in [0.05, 0.1) is 0 Å². The van der Waals surface area contributed by atoms with Gasteiger partial charge in [0.15, 0.2) is 5.16 Å². The van der Waals surface area contributed by atoms with Crippen molar-refractivity contribution in [2.75, 3.05) is 17.7 Å². The molecule has 0 N–H and O–H groups in total. The van der Waals surface area contributed by atoms with Gasteiger partial charge in [0.25, 0.3) is 0 Å². The largest absolute Gasteiger partial charge is 0.352 e. The lowest BCUT2D eigenvalue weighted by Crippen LogP contribution is -2.23. The highest BCUT2D eigenvalue weighted by molar-refractivity contribution is 7.98. The Bertz CT molecular complexity index is 618. The van der Waals surface area contributed by atoms with E-state index in [2.05, 4.69) is 39.1 Å². The van der Waals surface area contributed by atoms with Crippen LogP contribution in [0.4, 0.5) is 5.82 Å². The highest BCUT2D eigenvalue weighted by atomic mass is 35.5. The molecule has 1 aromatic carbocycles. The quantitative estimate of drug-likeness (QED) is 0.479. The minimum absolute atomic E-state index is 0.511. The average molecular weight is 306 g/mol. The molecule has 2 aromatic rings. The molecule has 1 aromatic heterocycles. The number of thioether (sulfide) groups is 1. The second-order valence-corrected chi connectivity index (χ2v) is 5.99. The Kier molecular flexibility index (Phi) is 4.13. The van der Waals surface area contributed by atoms with Gasteiger partial charge in [0.1, 0.15) is 11.0 Å². The van der Waals surface area contributed by atoms with Crippen molar-refractivity contribution < 1.29 is 0 Å². The molecule has 0 spiro atoms. The van der Waals surface area contributed by atoms with E-state index >= 15 is 0 Å². The van der Waals surface area contributed by atoms with Crippen LogP contribution < -0.4 is 4.90 Å². The number of halogens is 1. The van der Waals surface area contributed by atoms with Crippen LogP contribution in [0, 0.1) is 0 Å². The summed E-state index contributed by atoms with van der Waals surface area (Å²) in [5.41, 5.74) is 2.82. The van der Waals surface area contributed by atoms with Crippen LogP contribution in [0.15, 0.2) is 35.5 Å². The fraction of sp³-hybridized carbons (Fsp3) is 0.333. The summed E-state index contributed by atoms with van der Waals surface area (Å²) < 4.78 is 0. The highest BCUT2D eigenvalue weighted by Crippen LogP contribution is 2.25. The Morgan fingerprint density at radius 3 is 2.80 bits per heavy atom. The fourth-order valence-electron chi connectivity index (χ4n) is 2.53. The number of anilines is 1. The van der Waals surface area contributed by atoms with Crippen molar-refractivity contribution in [3.8, 4) is 0 Å². The first-order valence-corrected chi connectivity index (χ1v) is 8.27. The van der Waals surface area contributed by atoms with E-state index in [-0.39, 0.29) is 0 Å². The van der Waals surface area contributed by atoms with Gasteiger partial charge in [-0.05, 0) is 30.2 Å². The molecule has 0 bridgehead atoms. The van der Waals surface area contributed by atoms with Gasteiger partial charge in [0.2, 0.25) is 0 Å². The fourth-order valence-corrected chi connectivity index (χ4v) is 3.14. The zero-order valence-electron chi connectivity index (χ0n) is 11.3. The normalized spacial score (nSPS) is 14.8. The Hall–Kier alpha value is -1.26. The molecule has 2 heterocycles. The SMILES string of the molecule is CSc1nc(Cl)cc(N2CCCc3ccccc3C2)n1. The molecule has 0 amide bonds. The summed E-state index contributed by atoms with van der Waals surface area (Å²) in [5, 5.41) is 1.24. The van der Waals surface area contributed by atoms with E-state index in [4.69, 9.17) is 11.6 Å². The van der Waals surface area contributed by atoms with E-state index in [0.717, 1.165) is 36.9 Å². The predicted molar refractivity (Wildman–Crippen MR) is 84.6 cm³/mol. The second kappa shape index (κ2) is 6.02. The standard InChI is InChI=1S/C15H16ClN3S/c1-20-15-17-13(16)9-14(18-15)19-8-4-7-11-5-2-3-6-12(11)10-19/h2-3,5-6,9H,4,7-8,10H2,1H3. The second-order valence-electron chi connectivity index (χ2n) is 4.83. The molecule has 3 nitrogen and oxygen atoms in total. The molecular weight excluding hydrogens is 290 g/mol. The summed E-state index contributed by atoms with van der Waals surface area (Å²) in [6, 6.07) is 10.5. The minimum Gasteiger partial charge on any atom is -0.352 e. The van der Waals surface area contributed by atoms with Crippen LogP contribution in [0.1, 0.15) is 17.5 Å². The van der Waals surface area contributed by atoms with Crippen LogP contribution in [0.25, 0.3) is 0 Å². The van der Waals surface area contributed by atoms with E-state index in [9.17, 15) is 0 Å². The van der Waals surface area contributed by atoms with Crippen LogP contribution in [-0.4, -0.2) is 22.8 Å². The molecule has 3 rings (SSSR count). The van der Waals surface area contributed by atoms with E-state index < -0.39 is 0 Å². The molecule has 1 aliphatic rings. The van der Waals surface area contributed by atoms with Crippen molar-refractivity contribution in [2.24, 2.45) is 0 Å². The van der Waals surface area contributed by atoms with Crippen LogP contribution in [0.5, 0.6) is 0 Å². The number of benzene rings is 1. The highest BCUT2D eigenvalue weighted by Gasteiger charge is 2.16. The molecule has 0 atom stereocenters. The third-order valence-electron chi connectivity index (χ3n) is 3.52. The molecular formula is C15H16ClN3S. The van der Waals surface area contributed by atoms with Crippen LogP contribution in [0.2, 0.25) is 5.15 Å². The molecule has 0 radical (unpaired) electrons. The van der Waals surface area contributed by atoms with Gasteiger partial charge in [-0.1, -0.05) is 47.6 Å². The number of aromatic nitrogens is 2. The number of fused-ring (bicyclic) bond motifs is 1. The van der Waals surface area contributed by atoms with E-state index in [1.807, 2.05) is 12.3 Å². The predicted octanol–water partition coefficient (Wildman–Crippen LogP) is 3.80. The lowest BCUT2D eigenvalue weighted by atomic mass is 10.0. The monoisotopic (exact) mass is 305 g/mol. The van der Waals surface area contributed by atoms with Crippen molar-refractivity contribution in [3.63, 3.8) is 0 Å². The van der Waals surface area contributed by atoms with Crippen LogP contribution >= 0.6 is 23.4 Å². The minimum atomic E-state index is 0.511. The smallest absolute Gasteiger partial charge is 0.190 e. The Labute approximate surface area is 128 Å². The first-order valence-electron chi connectivity index (χ1n) is 6.66. The Morgan fingerprint density at radius 2 is 2.00 bits per heavy atom. The van der Waals surface area contributed by atoms with Gasteiger partial charge in [-0.15, -0.1) is 0 Å². The number of hydrogen-bond donors (Lipinski definition) is 0. The molecule has 0 fully saturated rings. The zero-order valence-corrected chi connectivity index (χ0v) is 12.9. The molecule has 20 heavy (non-hydrogen) atoms. The van der Waals surface area contributed by atoms with Gasteiger partial charge >= 0.3 is 0 Å². The topological polar surface area (TPSA) is 29.0 Å². The van der Waals surface area contributed by atoms with E-state index in [1.165, 1.54) is 22.9 Å². The maximum absolute atomic E-state index is 6.10.